The molecule has 1 N–H and O–H groups in total. The average Bonchev–Trinajstić information content (AvgIpc) is 2.21. The number of rotatable bonds is 2. The topological polar surface area (TPSA) is 46.2 Å². The van der Waals surface area contributed by atoms with Crippen molar-refractivity contribution in [2.24, 2.45) is 5.41 Å². The molecule has 0 atom stereocenters. The fourth-order valence-corrected chi connectivity index (χ4v) is 1.78. The van der Waals surface area contributed by atoms with Gasteiger partial charge in [0.1, 0.15) is 0 Å². The van der Waals surface area contributed by atoms with E-state index in [0.717, 1.165) is 0 Å². The lowest BCUT2D eigenvalue weighted by molar-refractivity contribution is -0.123. The van der Waals surface area contributed by atoms with Crippen LogP contribution in [0.1, 0.15) is 38.1 Å². The highest BCUT2D eigenvalue weighted by Crippen LogP contribution is 2.33. The Hall–Kier alpha value is -1.06. The Kier molecular flexibility index (Phi) is 4.41. The number of anilines is 1. The third-order valence-corrected chi connectivity index (χ3v) is 2.96. The molecule has 0 aliphatic carbocycles. The molecule has 0 aromatic heterocycles. The molecule has 0 aliphatic rings. The van der Waals surface area contributed by atoms with Crippen LogP contribution in [0.3, 0.4) is 0 Å². The predicted octanol–water partition coefficient (Wildman–Crippen LogP) is 4.18. The van der Waals surface area contributed by atoms with E-state index < -0.39 is 5.41 Å². The summed E-state index contributed by atoms with van der Waals surface area (Å²) >= 11 is 12.0. The lowest BCUT2D eigenvalue weighted by atomic mass is 9.95. The number of amides is 1. The van der Waals surface area contributed by atoms with Crippen molar-refractivity contribution in [3.05, 3.63) is 27.7 Å². The van der Waals surface area contributed by atoms with E-state index in [2.05, 4.69) is 5.32 Å². The molecule has 98 valence electrons. The molecule has 1 aromatic carbocycles. The molecule has 5 heteroatoms. The number of hydrogen-bond acceptors (Lipinski definition) is 2. The Morgan fingerprint density at radius 3 is 1.89 bits per heavy atom. The molecule has 0 heterocycles. The molecule has 0 saturated heterocycles. The number of carbonyl (C=O) groups is 2. The maximum Gasteiger partial charge on any atom is 0.229 e. The van der Waals surface area contributed by atoms with Crippen molar-refractivity contribution in [2.45, 2.75) is 27.7 Å². The van der Waals surface area contributed by atoms with Gasteiger partial charge in [-0.05, 0) is 19.1 Å². The van der Waals surface area contributed by atoms with Crippen LogP contribution in [0.25, 0.3) is 0 Å². The van der Waals surface area contributed by atoms with Crippen LogP contribution in [-0.4, -0.2) is 11.7 Å². The molecule has 0 bridgehead atoms. The summed E-state index contributed by atoms with van der Waals surface area (Å²) in [6.45, 7) is 6.78. The molecular weight excluding hydrogens is 273 g/mol. The summed E-state index contributed by atoms with van der Waals surface area (Å²) in [5, 5.41) is 3.18. The summed E-state index contributed by atoms with van der Waals surface area (Å²) in [5.74, 6) is -0.325. The van der Waals surface area contributed by atoms with Crippen molar-refractivity contribution in [3.63, 3.8) is 0 Å². The van der Waals surface area contributed by atoms with Crippen molar-refractivity contribution in [1.29, 1.82) is 0 Å². The fraction of sp³-hybridized carbons (Fsp3) is 0.385. The van der Waals surface area contributed by atoms with Gasteiger partial charge in [-0.1, -0.05) is 44.0 Å². The van der Waals surface area contributed by atoms with Crippen molar-refractivity contribution >= 4 is 40.6 Å². The minimum Gasteiger partial charge on any atom is -0.323 e. The number of Topliss-reactive ketones (excluding diaryl/α,β-unsaturated/α-hetero) is 1. The van der Waals surface area contributed by atoms with Gasteiger partial charge in [-0.3, -0.25) is 9.59 Å². The van der Waals surface area contributed by atoms with Crippen molar-refractivity contribution in [2.75, 3.05) is 5.32 Å². The second-order valence-corrected chi connectivity index (χ2v) is 5.89. The highest BCUT2D eigenvalue weighted by Gasteiger charge is 2.23. The quantitative estimate of drug-likeness (QED) is 0.830. The maximum absolute atomic E-state index is 11.9. The average molecular weight is 288 g/mol. The zero-order valence-corrected chi connectivity index (χ0v) is 12.2. The minimum absolute atomic E-state index is 0.132. The molecule has 0 saturated carbocycles. The van der Waals surface area contributed by atoms with Gasteiger partial charge < -0.3 is 5.32 Å². The smallest absolute Gasteiger partial charge is 0.229 e. The molecule has 18 heavy (non-hydrogen) atoms. The molecule has 1 amide bonds. The normalized spacial score (nSPS) is 11.2. The van der Waals surface area contributed by atoms with Gasteiger partial charge in [0, 0.05) is 11.0 Å². The molecular formula is C13H15Cl2NO2. The molecule has 0 aliphatic heterocycles. The third-order valence-electron chi connectivity index (χ3n) is 2.37. The number of hydrogen-bond donors (Lipinski definition) is 1. The SMILES string of the molecule is CC(=O)c1cc(Cl)c(NC(=O)C(C)(C)C)c(Cl)c1. The van der Waals surface area contributed by atoms with Crippen molar-refractivity contribution < 1.29 is 9.59 Å². The molecule has 3 nitrogen and oxygen atoms in total. The van der Waals surface area contributed by atoms with E-state index in [1.807, 2.05) is 0 Å². The number of carbonyl (C=O) groups excluding carboxylic acids is 2. The fourth-order valence-electron chi connectivity index (χ4n) is 1.20. The van der Waals surface area contributed by atoms with E-state index in [1.165, 1.54) is 19.1 Å². The Bertz CT molecular complexity index is 481. The van der Waals surface area contributed by atoms with Gasteiger partial charge in [-0.25, -0.2) is 0 Å². The van der Waals surface area contributed by atoms with Gasteiger partial charge in [0.05, 0.1) is 15.7 Å². The number of ketones is 1. The van der Waals surface area contributed by atoms with Gasteiger partial charge in [0.15, 0.2) is 5.78 Å². The van der Waals surface area contributed by atoms with E-state index in [0.29, 0.717) is 11.3 Å². The zero-order valence-electron chi connectivity index (χ0n) is 10.7. The van der Waals surface area contributed by atoms with E-state index in [4.69, 9.17) is 23.2 Å². The first kappa shape index (κ1) is 15.0. The molecule has 0 radical (unpaired) electrons. The van der Waals surface area contributed by atoms with Crippen molar-refractivity contribution in [3.8, 4) is 0 Å². The van der Waals surface area contributed by atoms with Crippen LogP contribution in [0.5, 0.6) is 0 Å². The Balaban J connectivity index is 3.12. The minimum atomic E-state index is -0.550. The van der Waals surface area contributed by atoms with Crippen LogP contribution >= 0.6 is 23.2 Å². The lowest BCUT2D eigenvalue weighted by Crippen LogP contribution is -2.27. The predicted molar refractivity (Wildman–Crippen MR) is 74.6 cm³/mol. The number of nitrogens with one attached hydrogen (secondary N) is 1. The van der Waals surface area contributed by atoms with Crippen LogP contribution in [0.15, 0.2) is 12.1 Å². The monoisotopic (exact) mass is 287 g/mol. The zero-order chi connectivity index (χ0) is 14.1. The number of benzene rings is 1. The summed E-state index contributed by atoms with van der Waals surface area (Å²) in [5.41, 5.74) is 0.202. The van der Waals surface area contributed by atoms with Crippen LogP contribution in [0.4, 0.5) is 5.69 Å². The van der Waals surface area contributed by atoms with Gasteiger partial charge in [0.2, 0.25) is 5.91 Å². The summed E-state index contributed by atoms with van der Waals surface area (Å²) in [4.78, 5) is 23.1. The second-order valence-electron chi connectivity index (χ2n) is 5.08. The highest BCUT2D eigenvalue weighted by atomic mass is 35.5. The summed E-state index contributed by atoms with van der Waals surface area (Å²) < 4.78 is 0. The standard InChI is InChI=1S/C13H15Cl2NO2/c1-7(17)8-5-9(14)11(10(15)6-8)16-12(18)13(2,3)4/h5-6H,1-4H3,(H,16,18). The first-order valence-corrected chi connectivity index (χ1v) is 6.20. The van der Waals surface area contributed by atoms with E-state index in [-0.39, 0.29) is 21.7 Å². The van der Waals surface area contributed by atoms with Crippen LogP contribution in [0.2, 0.25) is 10.0 Å². The Morgan fingerprint density at radius 1 is 1.11 bits per heavy atom. The van der Waals surface area contributed by atoms with Crippen LogP contribution in [-0.2, 0) is 4.79 Å². The maximum atomic E-state index is 11.9. The summed E-state index contributed by atoms with van der Waals surface area (Å²) in [6.07, 6.45) is 0. The molecule has 1 rings (SSSR count). The Morgan fingerprint density at radius 2 is 1.56 bits per heavy atom. The van der Waals surface area contributed by atoms with Gasteiger partial charge in [-0.2, -0.15) is 0 Å². The second kappa shape index (κ2) is 5.29. The van der Waals surface area contributed by atoms with E-state index in [1.54, 1.807) is 20.8 Å². The van der Waals surface area contributed by atoms with Gasteiger partial charge >= 0.3 is 0 Å². The molecule has 0 unspecified atom stereocenters. The van der Waals surface area contributed by atoms with E-state index >= 15 is 0 Å². The van der Waals surface area contributed by atoms with Crippen molar-refractivity contribution in [1.82, 2.24) is 0 Å². The van der Waals surface area contributed by atoms with Crippen LogP contribution < -0.4 is 5.32 Å². The number of halogens is 2. The lowest BCUT2D eigenvalue weighted by Gasteiger charge is -2.19. The Labute approximate surface area is 116 Å². The summed E-state index contributed by atoms with van der Waals surface area (Å²) in [6, 6.07) is 2.99. The van der Waals surface area contributed by atoms with Gasteiger partial charge in [-0.15, -0.1) is 0 Å². The molecule has 1 aromatic rings. The molecule has 0 spiro atoms. The highest BCUT2D eigenvalue weighted by molar-refractivity contribution is 6.40. The largest absolute Gasteiger partial charge is 0.323 e. The summed E-state index contributed by atoms with van der Waals surface area (Å²) in [7, 11) is 0. The third kappa shape index (κ3) is 3.47. The first-order chi connectivity index (χ1) is 8.12. The van der Waals surface area contributed by atoms with E-state index in [9.17, 15) is 9.59 Å². The first-order valence-electron chi connectivity index (χ1n) is 5.44. The molecule has 0 fully saturated rings. The van der Waals surface area contributed by atoms with Gasteiger partial charge in [0.25, 0.3) is 0 Å². The van der Waals surface area contributed by atoms with Crippen LogP contribution in [0, 0.1) is 5.41 Å².